The summed E-state index contributed by atoms with van der Waals surface area (Å²) >= 11 is 1.58. The van der Waals surface area contributed by atoms with Gasteiger partial charge in [-0.3, -0.25) is 9.98 Å². The summed E-state index contributed by atoms with van der Waals surface area (Å²) in [6.45, 7) is 3.25. The van der Waals surface area contributed by atoms with E-state index in [1.165, 1.54) is 13.3 Å². The van der Waals surface area contributed by atoms with Gasteiger partial charge in [-0.15, -0.1) is 0 Å². The first-order valence-electron chi connectivity index (χ1n) is 4.08. The van der Waals surface area contributed by atoms with Gasteiger partial charge >= 0.3 is 5.97 Å². The molecule has 0 aliphatic rings. The molecule has 0 bridgehead atoms. The highest BCUT2D eigenvalue weighted by Gasteiger charge is 2.04. The van der Waals surface area contributed by atoms with E-state index in [0.717, 1.165) is 5.56 Å². The lowest BCUT2D eigenvalue weighted by atomic mass is 10.4. The van der Waals surface area contributed by atoms with E-state index in [4.69, 9.17) is 0 Å². The van der Waals surface area contributed by atoms with Gasteiger partial charge in [-0.2, -0.15) is 11.3 Å². The summed E-state index contributed by atoms with van der Waals surface area (Å²) in [6.07, 6.45) is 2.95. The first-order chi connectivity index (χ1) is 7.27. The van der Waals surface area contributed by atoms with E-state index in [1.54, 1.807) is 17.6 Å². The minimum absolute atomic E-state index is 0.0870. The lowest BCUT2D eigenvalue weighted by Gasteiger charge is -1.95. The number of ether oxygens (including phenoxy) is 1. The SMILES string of the molecule is C=N/C(=C\N=Cc1ccsc1)C(=O)OC. The maximum Gasteiger partial charge on any atom is 0.358 e. The summed E-state index contributed by atoms with van der Waals surface area (Å²) in [5.41, 5.74) is 1.06. The van der Waals surface area contributed by atoms with Crippen LogP contribution in [0.25, 0.3) is 0 Å². The van der Waals surface area contributed by atoms with Gasteiger partial charge in [0, 0.05) is 11.8 Å². The van der Waals surface area contributed by atoms with E-state index in [2.05, 4.69) is 21.4 Å². The van der Waals surface area contributed by atoms with Gasteiger partial charge in [0.25, 0.3) is 0 Å². The van der Waals surface area contributed by atoms with Gasteiger partial charge in [-0.1, -0.05) is 0 Å². The van der Waals surface area contributed by atoms with Gasteiger partial charge in [0.15, 0.2) is 5.70 Å². The molecule has 0 atom stereocenters. The molecule has 0 amide bonds. The molecule has 0 saturated heterocycles. The highest BCUT2D eigenvalue weighted by atomic mass is 32.1. The number of thiophene rings is 1. The molecule has 78 valence electrons. The second-order valence-electron chi connectivity index (χ2n) is 2.50. The van der Waals surface area contributed by atoms with Crippen molar-refractivity contribution in [2.75, 3.05) is 7.11 Å². The molecular weight excluding hydrogens is 212 g/mol. The van der Waals surface area contributed by atoms with Crippen LogP contribution in [-0.2, 0) is 9.53 Å². The Hall–Kier alpha value is -1.75. The average Bonchev–Trinajstić information content (AvgIpc) is 2.76. The van der Waals surface area contributed by atoms with Gasteiger partial charge in [0.2, 0.25) is 0 Å². The first-order valence-corrected chi connectivity index (χ1v) is 5.02. The molecule has 4 nitrogen and oxygen atoms in total. The molecule has 0 fully saturated rings. The highest BCUT2D eigenvalue weighted by Crippen LogP contribution is 2.03. The van der Waals surface area contributed by atoms with Crippen LogP contribution < -0.4 is 0 Å². The van der Waals surface area contributed by atoms with Crippen LogP contribution in [0.1, 0.15) is 5.56 Å². The molecule has 15 heavy (non-hydrogen) atoms. The van der Waals surface area contributed by atoms with Crippen molar-refractivity contribution in [3.63, 3.8) is 0 Å². The minimum Gasteiger partial charge on any atom is -0.464 e. The van der Waals surface area contributed by atoms with Gasteiger partial charge in [-0.25, -0.2) is 4.79 Å². The largest absolute Gasteiger partial charge is 0.464 e. The van der Waals surface area contributed by atoms with Crippen molar-refractivity contribution >= 4 is 30.2 Å². The summed E-state index contributed by atoms with van der Waals surface area (Å²) in [5, 5.41) is 3.88. The smallest absolute Gasteiger partial charge is 0.358 e. The lowest BCUT2D eigenvalue weighted by molar-refractivity contribution is -0.136. The summed E-state index contributed by atoms with van der Waals surface area (Å²) in [7, 11) is 1.28. The number of rotatable bonds is 4. The van der Waals surface area contributed by atoms with Crippen molar-refractivity contribution in [1.29, 1.82) is 0 Å². The molecule has 1 aromatic heterocycles. The predicted molar refractivity (Wildman–Crippen MR) is 61.6 cm³/mol. The van der Waals surface area contributed by atoms with Gasteiger partial charge in [0.1, 0.15) is 0 Å². The van der Waals surface area contributed by atoms with Crippen molar-refractivity contribution in [3.05, 3.63) is 34.3 Å². The third-order valence-electron chi connectivity index (χ3n) is 1.53. The van der Waals surface area contributed by atoms with Crippen LogP contribution >= 0.6 is 11.3 Å². The number of carbonyl (C=O) groups excluding carboxylic acids is 1. The van der Waals surface area contributed by atoms with E-state index in [0.29, 0.717) is 0 Å². The molecule has 0 aromatic carbocycles. The zero-order valence-corrected chi connectivity index (χ0v) is 9.03. The van der Waals surface area contributed by atoms with Crippen LogP contribution in [0, 0.1) is 0 Å². The van der Waals surface area contributed by atoms with Crippen LogP contribution in [0.2, 0.25) is 0 Å². The number of hydrogen-bond donors (Lipinski definition) is 0. The van der Waals surface area contributed by atoms with E-state index in [9.17, 15) is 4.79 Å². The summed E-state index contributed by atoms with van der Waals surface area (Å²) in [4.78, 5) is 18.5. The molecular formula is C10H10N2O2S. The standard InChI is InChI=1S/C10H10N2O2S/c1-11-9(10(13)14-2)6-12-5-8-3-4-15-7-8/h3-7H,1H2,2H3/b9-6-,12-5?. The van der Waals surface area contributed by atoms with Crippen molar-refractivity contribution in [2.45, 2.75) is 0 Å². The Labute approximate surface area is 91.6 Å². The summed E-state index contributed by atoms with van der Waals surface area (Å²) in [6, 6.07) is 1.92. The van der Waals surface area contributed by atoms with Gasteiger partial charge in [0.05, 0.1) is 13.3 Å². The summed E-state index contributed by atoms with van der Waals surface area (Å²) in [5.74, 6) is -0.549. The third-order valence-corrected chi connectivity index (χ3v) is 2.23. The molecule has 0 unspecified atom stereocenters. The molecule has 0 radical (unpaired) electrons. The lowest BCUT2D eigenvalue weighted by Crippen LogP contribution is -2.01. The van der Waals surface area contributed by atoms with Gasteiger partial charge < -0.3 is 4.74 Å². The van der Waals surface area contributed by atoms with Crippen molar-refractivity contribution in [3.8, 4) is 0 Å². The van der Waals surface area contributed by atoms with E-state index < -0.39 is 5.97 Å². The second kappa shape index (κ2) is 5.87. The van der Waals surface area contributed by atoms with E-state index >= 15 is 0 Å². The van der Waals surface area contributed by atoms with Crippen LogP contribution in [0.4, 0.5) is 0 Å². The van der Waals surface area contributed by atoms with Crippen LogP contribution in [-0.4, -0.2) is 26.0 Å². The quantitative estimate of drug-likeness (QED) is 0.443. The molecule has 0 aliphatic heterocycles. The molecule has 1 rings (SSSR count). The number of aliphatic imine (C=N–C) groups is 2. The van der Waals surface area contributed by atoms with Gasteiger partial charge in [-0.05, 0) is 23.5 Å². The second-order valence-corrected chi connectivity index (χ2v) is 3.28. The Morgan fingerprint density at radius 2 is 2.47 bits per heavy atom. The van der Waals surface area contributed by atoms with Crippen LogP contribution in [0.5, 0.6) is 0 Å². The topological polar surface area (TPSA) is 51.0 Å². The Balaban J connectivity index is 2.70. The van der Waals surface area contributed by atoms with Crippen molar-refractivity contribution in [2.24, 2.45) is 9.98 Å². The fourth-order valence-corrected chi connectivity index (χ4v) is 1.42. The van der Waals surface area contributed by atoms with Crippen molar-refractivity contribution in [1.82, 2.24) is 0 Å². The number of carbonyl (C=O) groups is 1. The first kappa shape index (κ1) is 11.3. The summed E-state index contributed by atoms with van der Waals surface area (Å²) < 4.78 is 4.48. The third kappa shape index (κ3) is 3.47. The fraction of sp³-hybridized carbons (Fsp3) is 0.100. The minimum atomic E-state index is -0.549. The zero-order chi connectivity index (χ0) is 11.1. The number of esters is 1. The maximum atomic E-state index is 11.0. The molecule has 0 saturated carbocycles. The molecule has 0 N–H and O–H groups in total. The fourth-order valence-electron chi connectivity index (χ4n) is 0.805. The monoisotopic (exact) mass is 222 g/mol. The van der Waals surface area contributed by atoms with Crippen molar-refractivity contribution < 1.29 is 9.53 Å². The molecule has 0 spiro atoms. The van der Waals surface area contributed by atoms with E-state index in [1.807, 2.05) is 16.8 Å². The Morgan fingerprint density at radius 1 is 1.67 bits per heavy atom. The number of nitrogens with zero attached hydrogens (tertiary/aromatic N) is 2. The highest BCUT2D eigenvalue weighted by molar-refractivity contribution is 7.08. The van der Waals surface area contributed by atoms with Crippen LogP contribution in [0.15, 0.2) is 38.7 Å². The average molecular weight is 222 g/mol. The number of methoxy groups -OCH3 is 1. The van der Waals surface area contributed by atoms with Crippen LogP contribution in [0.3, 0.4) is 0 Å². The Kier molecular flexibility index (Phi) is 4.43. The zero-order valence-electron chi connectivity index (χ0n) is 8.21. The predicted octanol–water partition coefficient (Wildman–Crippen LogP) is 1.88. The molecule has 0 aliphatic carbocycles. The Bertz CT molecular complexity index is 394. The number of hydrogen-bond acceptors (Lipinski definition) is 5. The van der Waals surface area contributed by atoms with E-state index in [-0.39, 0.29) is 5.70 Å². The Morgan fingerprint density at radius 3 is 3.00 bits per heavy atom. The molecule has 1 aromatic rings. The molecule has 1 heterocycles. The maximum absolute atomic E-state index is 11.0. The molecule has 5 heteroatoms. The normalized spacial score (nSPS) is 11.7.